The van der Waals surface area contributed by atoms with Crippen LogP contribution in [0.15, 0.2) is 54.7 Å². The normalized spacial score (nSPS) is 16.4. The molecule has 2 aromatic carbocycles. The van der Waals surface area contributed by atoms with Gasteiger partial charge in [0.1, 0.15) is 23.7 Å². The minimum atomic E-state index is -4.93. The number of carbonyl (C=O) groups excluding carboxylic acids is 2. The number of rotatable bonds is 6. The molecule has 3 rings (SSSR count). The van der Waals surface area contributed by atoms with Crippen LogP contribution >= 0.6 is 11.6 Å². The molecule has 1 amide bonds. The van der Waals surface area contributed by atoms with Gasteiger partial charge in [0.15, 0.2) is 11.9 Å². The van der Waals surface area contributed by atoms with Crippen LogP contribution < -0.4 is 10.1 Å². The highest BCUT2D eigenvalue weighted by Gasteiger charge is 2.40. The molecule has 10 heteroatoms. The van der Waals surface area contributed by atoms with E-state index in [1.54, 1.807) is 0 Å². The number of hydrogen-bond acceptors (Lipinski definition) is 4. The highest BCUT2D eigenvalue weighted by Crippen LogP contribution is 2.40. The minimum absolute atomic E-state index is 0.0164. The van der Waals surface area contributed by atoms with Gasteiger partial charge in [0.05, 0.1) is 11.6 Å². The first-order valence-corrected chi connectivity index (χ1v) is 9.63. The molecule has 1 heterocycles. The molecule has 164 valence electrons. The van der Waals surface area contributed by atoms with Crippen LogP contribution in [0.2, 0.25) is 0 Å². The van der Waals surface area contributed by atoms with Crippen LogP contribution in [-0.2, 0) is 17.6 Å². The Morgan fingerprint density at radius 3 is 2.52 bits per heavy atom. The molecular weight excluding hydrogens is 440 g/mol. The summed E-state index contributed by atoms with van der Waals surface area (Å²) < 4.78 is 59.6. The Balaban J connectivity index is 1.94. The number of amides is 1. The number of nitrogens with one attached hydrogen (secondary N) is 1. The second-order valence-corrected chi connectivity index (χ2v) is 6.86. The van der Waals surface area contributed by atoms with Gasteiger partial charge in [-0.2, -0.15) is 13.2 Å². The first-order chi connectivity index (χ1) is 14.7. The van der Waals surface area contributed by atoms with Crippen molar-refractivity contribution >= 4 is 23.3 Å². The number of ether oxygens (including phenoxy) is 1. The molecule has 0 spiro atoms. The van der Waals surface area contributed by atoms with E-state index in [4.69, 9.17) is 16.3 Å². The van der Waals surface area contributed by atoms with Crippen molar-refractivity contribution in [2.75, 3.05) is 6.00 Å². The lowest BCUT2D eigenvalue weighted by atomic mass is 10.0. The number of nitrogens with zero attached hydrogens (tertiary/aromatic N) is 1. The third kappa shape index (κ3) is 5.16. The van der Waals surface area contributed by atoms with E-state index in [1.165, 1.54) is 47.5 Å². The Hall–Kier alpha value is -3.07. The third-order valence-electron chi connectivity index (χ3n) is 4.52. The molecule has 0 fully saturated rings. The van der Waals surface area contributed by atoms with E-state index < -0.39 is 47.6 Å². The number of allylic oxidation sites excluding steroid dienone is 1. The number of hydrogen-bond donors (Lipinski definition) is 1. The lowest BCUT2D eigenvalue weighted by molar-refractivity contribution is -0.138. The smallest absolute Gasteiger partial charge is 0.420 e. The zero-order chi connectivity index (χ0) is 22.6. The van der Waals surface area contributed by atoms with Crippen molar-refractivity contribution in [3.63, 3.8) is 0 Å². The van der Waals surface area contributed by atoms with Crippen LogP contribution in [-0.4, -0.2) is 28.8 Å². The molecule has 0 bridgehead atoms. The number of halogens is 5. The molecule has 0 aromatic heterocycles. The van der Waals surface area contributed by atoms with Gasteiger partial charge < -0.3 is 15.0 Å². The van der Waals surface area contributed by atoms with E-state index >= 15 is 0 Å². The second-order valence-electron chi connectivity index (χ2n) is 6.62. The summed E-state index contributed by atoms with van der Waals surface area (Å²) in [5.41, 5.74) is -1.66. The van der Waals surface area contributed by atoms with Crippen molar-refractivity contribution in [1.82, 2.24) is 10.2 Å². The summed E-state index contributed by atoms with van der Waals surface area (Å²) in [6.45, 7) is -0.724. The average Bonchev–Trinajstić information content (AvgIpc) is 2.74. The number of alkyl halides is 5. The van der Waals surface area contributed by atoms with Crippen LogP contribution in [0.3, 0.4) is 0 Å². The minimum Gasteiger partial charge on any atom is -0.457 e. The zero-order valence-corrected chi connectivity index (χ0v) is 16.7. The summed E-state index contributed by atoms with van der Waals surface area (Å²) >= 11 is 5.76. The monoisotopic (exact) mass is 456 g/mol. The molecule has 31 heavy (non-hydrogen) atoms. The summed E-state index contributed by atoms with van der Waals surface area (Å²) in [6.07, 6.45) is -3.07. The third-order valence-corrected chi connectivity index (χ3v) is 4.79. The number of carbonyl (C=O) groups is 2. The van der Waals surface area contributed by atoms with Gasteiger partial charge in [0.2, 0.25) is 0 Å². The van der Waals surface area contributed by atoms with Crippen LogP contribution in [0.1, 0.15) is 27.9 Å². The highest BCUT2D eigenvalue weighted by atomic mass is 35.5. The van der Waals surface area contributed by atoms with E-state index in [0.29, 0.717) is 5.56 Å². The molecule has 1 aliphatic heterocycles. The van der Waals surface area contributed by atoms with Gasteiger partial charge in [-0.05, 0) is 36.0 Å². The molecule has 2 aromatic rings. The van der Waals surface area contributed by atoms with Crippen molar-refractivity contribution in [2.24, 2.45) is 0 Å². The van der Waals surface area contributed by atoms with Crippen molar-refractivity contribution in [2.45, 2.75) is 25.4 Å². The topological polar surface area (TPSA) is 58.6 Å². The molecule has 5 nitrogen and oxygen atoms in total. The van der Waals surface area contributed by atoms with Gasteiger partial charge >= 0.3 is 6.18 Å². The number of ketones is 1. The van der Waals surface area contributed by atoms with E-state index in [1.807, 2.05) is 0 Å². The summed E-state index contributed by atoms with van der Waals surface area (Å²) in [5, 5.41) is 2.31. The zero-order valence-electron chi connectivity index (χ0n) is 16.0. The first kappa shape index (κ1) is 22.6. The quantitative estimate of drug-likeness (QED) is 0.377. The van der Waals surface area contributed by atoms with Gasteiger partial charge in [-0.1, -0.05) is 24.3 Å². The summed E-state index contributed by atoms with van der Waals surface area (Å²) in [4.78, 5) is 26.2. The summed E-state index contributed by atoms with van der Waals surface area (Å²) in [5.74, 6) is -2.07. The predicted octanol–water partition coefficient (Wildman–Crippen LogP) is 5.01. The molecule has 1 aliphatic rings. The average molecular weight is 457 g/mol. The standard InChI is InChI=1S/C21H17ClF4N2O3/c22-12-28-10-2-4-16(29)19(28)27-20(30)15-3-1-5-17(18(15)21(24,25)26)31-14-8-6-13(11-23)7-9-14/h1-3,5-10,19H,4,11-12H2,(H,27,30). The van der Waals surface area contributed by atoms with Crippen LogP contribution in [0, 0.1) is 0 Å². The van der Waals surface area contributed by atoms with E-state index in [0.717, 1.165) is 12.1 Å². The lowest BCUT2D eigenvalue weighted by Crippen LogP contribution is -2.52. The lowest BCUT2D eigenvalue weighted by Gasteiger charge is -2.31. The summed E-state index contributed by atoms with van der Waals surface area (Å²) in [6, 6.07) is 8.56. The Bertz CT molecular complexity index is 993. The fraction of sp³-hybridized carbons (Fsp3) is 0.238. The van der Waals surface area contributed by atoms with Crippen molar-refractivity contribution in [3.05, 3.63) is 71.4 Å². The largest absolute Gasteiger partial charge is 0.457 e. The second kappa shape index (κ2) is 9.38. The molecule has 0 aliphatic carbocycles. The maximum absolute atomic E-state index is 13.9. The maximum atomic E-state index is 13.9. The Labute approximate surface area is 180 Å². The predicted molar refractivity (Wildman–Crippen MR) is 105 cm³/mol. The molecule has 0 saturated heterocycles. The number of benzene rings is 2. The Morgan fingerprint density at radius 1 is 1.19 bits per heavy atom. The van der Waals surface area contributed by atoms with Gasteiger partial charge in [0, 0.05) is 6.42 Å². The number of Topliss-reactive ketones (excluding diaryl/α,β-unsaturated/α-hetero) is 1. The molecule has 0 saturated carbocycles. The molecule has 1 unspecified atom stereocenters. The van der Waals surface area contributed by atoms with Gasteiger partial charge in [-0.25, -0.2) is 4.39 Å². The fourth-order valence-electron chi connectivity index (χ4n) is 3.03. The summed E-state index contributed by atoms with van der Waals surface area (Å²) in [7, 11) is 0. The Morgan fingerprint density at radius 2 is 1.90 bits per heavy atom. The van der Waals surface area contributed by atoms with E-state index in [2.05, 4.69) is 5.32 Å². The van der Waals surface area contributed by atoms with E-state index in [9.17, 15) is 27.2 Å². The van der Waals surface area contributed by atoms with Gasteiger partial charge in [0.25, 0.3) is 5.91 Å². The van der Waals surface area contributed by atoms with Crippen LogP contribution in [0.5, 0.6) is 11.5 Å². The molecule has 1 atom stereocenters. The first-order valence-electron chi connectivity index (χ1n) is 9.09. The highest BCUT2D eigenvalue weighted by molar-refractivity contribution is 6.18. The SMILES string of the molecule is O=C(NC1C(=O)CC=CN1CCl)c1cccc(Oc2ccc(CF)cc2)c1C(F)(F)F. The van der Waals surface area contributed by atoms with E-state index in [-0.39, 0.29) is 18.2 Å². The Kier molecular flexibility index (Phi) is 6.84. The molecule has 1 N–H and O–H groups in total. The van der Waals surface area contributed by atoms with Crippen molar-refractivity contribution in [3.8, 4) is 11.5 Å². The van der Waals surface area contributed by atoms with Gasteiger partial charge in [-0.3, -0.25) is 9.59 Å². The van der Waals surface area contributed by atoms with Crippen molar-refractivity contribution in [1.29, 1.82) is 0 Å². The van der Waals surface area contributed by atoms with Gasteiger partial charge in [-0.15, -0.1) is 11.6 Å². The molecular formula is C21H17ClF4N2O3. The van der Waals surface area contributed by atoms with Crippen LogP contribution in [0.4, 0.5) is 17.6 Å². The van der Waals surface area contributed by atoms with Crippen molar-refractivity contribution < 1.29 is 31.9 Å². The maximum Gasteiger partial charge on any atom is 0.420 e. The molecule has 0 radical (unpaired) electrons. The van der Waals surface area contributed by atoms with Crippen LogP contribution in [0.25, 0.3) is 0 Å². The fourth-order valence-corrected chi connectivity index (χ4v) is 3.25.